The van der Waals surface area contributed by atoms with Gasteiger partial charge in [-0.1, -0.05) is 13.0 Å². The van der Waals surface area contributed by atoms with Gasteiger partial charge < -0.3 is 15.5 Å². The summed E-state index contributed by atoms with van der Waals surface area (Å²) >= 11 is 0. The molecule has 0 aliphatic carbocycles. The van der Waals surface area contributed by atoms with Crippen LogP contribution in [0.4, 0.5) is 5.69 Å². The lowest BCUT2D eigenvalue weighted by atomic mass is 10.1. The van der Waals surface area contributed by atoms with Crippen molar-refractivity contribution in [2.45, 2.75) is 13.0 Å². The summed E-state index contributed by atoms with van der Waals surface area (Å²) in [4.78, 5) is 4.70. The van der Waals surface area contributed by atoms with Crippen LogP contribution in [0.15, 0.2) is 24.3 Å². The molecule has 0 spiro atoms. The SMILES string of the molecule is CC1CN(C)CC(CN)N(c2cccc(C#N)c2)C1. The van der Waals surface area contributed by atoms with E-state index in [4.69, 9.17) is 11.0 Å². The second kappa shape index (κ2) is 6.05. The third-order valence-electron chi connectivity index (χ3n) is 3.67. The van der Waals surface area contributed by atoms with E-state index < -0.39 is 0 Å². The van der Waals surface area contributed by atoms with Crippen molar-refractivity contribution in [3.63, 3.8) is 0 Å². The second-order valence-corrected chi connectivity index (χ2v) is 5.53. The molecule has 1 fully saturated rings. The van der Waals surface area contributed by atoms with Crippen LogP contribution in [-0.2, 0) is 0 Å². The zero-order valence-electron chi connectivity index (χ0n) is 11.7. The van der Waals surface area contributed by atoms with Gasteiger partial charge >= 0.3 is 0 Å². The van der Waals surface area contributed by atoms with Crippen LogP contribution in [0.25, 0.3) is 0 Å². The molecule has 2 unspecified atom stereocenters. The van der Waals surface area contributed by atoms with Gasteiger partial charge in [0, 0.05) is 31.9 Å². The van der Waals surface area contributed by atoms with E-state index in [0.717, 1.165) is 25.3 Å². The van der Waals surface area contributed by atoms with E-state index >= 15 is 0 Å². The number of rotatable bonds is 2. The van der Waals surface area contributed by atoms with E-state index in [1.807, 2.05) is 18.2 Å². The molecule has 19 heavy (non-hydrogen) atoms. The zero-order chi connectivity index (χ0) is 13.8. The summed E-state index contributed by atoms with van der Waals surface area (Å²) in [6.07, 6.45) is 0. The number of nitrogens with zero attached hydrogens (tertiary/aromatic N) is 3. The fourth-order valence-corrected chi connectivity index (χ4v) is 2.88. The number of nitrogens with two attached hydrogens (primary N) is 1. The zero-order valence-corrected chi connectivity index (χ0v) is 11.7. The fourth-order valence-electron chi connectivity index (χ4n) is 2.88. The van der Waals surface area contributed by atoms with Crippen LogP contribution in [0.2, 0.25) is 0 Å². The van der Waals surface area contributed by atoms with Gasteiger partial charge in [-0.2, -0.15) is 5.26 Å². The second-order valence-electron chi connectivity index (χ2n) is 5.53. The van der Waals surface area contributed by atoms with Crippen LogP contribution in [-0.4, -0.2) is 44.2 Å². The minimum atomic E-state index is 0.309. The third kappa shape index (κ3) is 3.25. The van der Waals surface area contributed by atoms with Crippen LogP contribution in [0.5, 0.6) is 0 Å². The van der Waals surface area contributed by atoms with Crippen molar-refractivity contribution in [1.82, 2.24) is 4.90 Å². The van der Waals surface area contributed by atoms with Crippen molar-refractivity contribution in [2.24, 2.45) is 11.7 Å². The summed E-state index contributed by atoms with van der Waals surface area (Å²) in [5.74, 6) is 0.590. The molecule has 1 aliphatic heterocycles. The van der Waals surface area contributed by atoms with E-state index in [1.165, 1.54) is 0 Å². The van der Waals surface area contributed by atoms with Gasteiger partial charge in [0.05, 0.1) is 17.7 Å². The van der Waals surface area contributed by atoms with E-state index in [9.17, 15) is 0 Å². The molecule has 0 amide bonds. The van der Waals surface area contributed by atoms with Crippen LogP contribution < -0.4 is 10.6 Å². The van der Waals surface area contributed by atoms with Crippen molar-refractivity contribution in [1.29, 1.82) is 5.26 Å². The van der Waals surface area contributed by atoms with Crippen molar-refractivity contribution in [2.75, 3.05) is 38.1 Å². The Morgan fingerprint density at radius 2 is 2.16 bits per heavy atom. The van der Waals surface area contributed by atoms with Crippen LogP contribution in [0, 0.1) is 17.2 Å². The molecule has 2 N–H and O–H groups in total. The van der Waals surface area contributed by atoms with E-state index in [0.29, 0.717) is 24.1 Å². The summed E-state index contributed by atoms with van der Waals surface area (Å²) in [6.45, 7) is 5.94. The standard InChI is InChI=1S/C15H22N4/c1-12-9-18(2)11-15(8-17)19(10-12)14-5-3-4-13(6-14)7-16/h3-6,12,15H,8-11,17H2,1-2H3. The van der Waals surface area contributed by atoms with E-state index in [2.05, 4.69) is 35.9 Å². The molecule has 102 valence electrons. The van der Waals surface area contributed by atoms with Gasteiger partial charge in [0.15, 0.2) is 0 Å². The Labute approximate surface area is 115 Å². The quantitative estimate of drug-likeness (QED) is 0.868. The molecule has 0 radical (unpaired) electrons. The molecular formula is C15H22N4. The maximum Gasteiger partial charge on any atom is 0.0992 e. The highest BCUT2D eigenvalue weighted by Crippen LogP contribution is 2.22. The predicted octanol–water partition coefficient (Wildman–Crippen LogP) is 1.27. The monoisotopic (exact) mass is 258 g/mol. The predicted molar refractivity (Wildman–Crippen MR) is 78.0 cm³/mol. The molecule has 4 nitrogen and oxygen atoms in total. The van der Waals surface area contributed by atoms with Crippen molar-refractivity contribution >= 4 is 5.69 Å². The van der Waals surface area contributed by atoms with Gasteiger partial charge in [-0.25, -0.2) is 0 Å². The highest BCUT2D eigenvalue weighted by molar-refractivity contribution is 5.52. The van der Waals surface area contributed by atoms with Gasteiger partial charge in [0.25, 0.3) is 0 Å². The Morgan fingerprint density at radius 3 is 2.84 bits per heavy atom. The van der Waals surface area contributed by atoms with Gasteiger partial charge in [-0.15, -0.1) is 0 Å². The maximum atomic E-state index is 9.03. The molecule has 0 saturated carbocycles. The van der Waals surface area contributed by atoms with Gasteiger partial charge in [-0.05, 0) is 31.2 Å². The Balaban J connectivity index is 2.30. The highest BCUT2D eigenvalue weighted by Gasteiger charge is 2.25. The average Bonchev–Trinajstić information content (AvgIpc) is 2.56. The molecule has 0 bridgehead atoms. The normalized spacial score (nSPS) is 24.8. The molecule has 1 aliphatic rings. The lowest BCUT2D eigenvalue weighted by molar-refractivity contribution is 0.304. The first-order chi connectivity index (χ1) is 9.13. The first-order valence-corrected chi connectivity index (χ1v) is 6.79. The lowest BCUT2D eigenvalue weighted by Crippen LogP contribution is -2.45. The number of anilines is 1. The maximum absolute atomic E-state index is 9.03. The molecule has 4 heteroatoms. The van der Waals surface area contributed by atoms with Crippen LogP contribution in [0.1, 0.15) is 12.5 Å². The lowest BCUT2D eigenvalue weighted by Gasteiger charge is -2.32. The Bertz CT molecular complexity index is 465. The number of hydrogen-bond acceptors (Lipinski definition) is 4. The van der Waals surface area contributed by atoms with Gasteiger partial charge in [-0.3, -0.25) is 0 Å². The summed E-state index contributed by atoms with van der Waals surface area (Å²) < 4.78 is 0. The number of hydrogen-bond donors (Lipinski definition) is 1. The third-order valence-corrected chi connectivity index (χ3v) is 3.67. The number of benzene rings is 1. The van der Waals surface area contributed by atoms with E-state index in [1.54, 1.807) is 0 Å². The molecule has 2 atom stereocenters. The first-order valence-electron chi connectivity index (χ1n) is 6.79. The first kappa shape index (κ1) is 13.9. The summed E-state index contributed by atoms with van der Waals surface area (Å²) in [7, 11) is 2.15. The van der Waals surface area contributed by atoms with Gasteiger partial charge in [0.1, 0.15) is 0 Å². The fraction of sp³-hybridized carbons (Fsp3) is 0.533. The summed E-state index contributed by atoms with van der Waals surface area (Å²) in [6, 6.07) is 10.3. The van der Waals surface area contributed by atoms with E-state index in [-0.39, 0.29) is 0 Å². The topological polar surface area (TPSA) is 56.3 Å². The van der Waals surface area contributed by atoms with Crippen molar-refractivity contribution in [3.05, 3.63) is 29.8 Å². The largest absolute Gasteiger partial charge is 0.366 e. The summed E-state index contributed by atoms with van der Waals surface area (Å²) in [5, 5.41) is 9.03. The minimum absolute atomic E-state index is 0.309. The van der Waals surface area contributed by atoms with Crippen molar-refractivity contribution < 1.29 is 0 Å². The van der Waals surface area contributed by atoms with Crippen molar-refractivity contribution in [3.8, 4) is 6.07 Å². The molecule has 1 saturated heterocycles. The smallest absolute Gasteiger partial charge is 0.0992 e. The molecule has 1 aromatic rings. The number of nitriles is 1. The van der Waals surface area contributed by atoms with Crippen LogP contribution >= 0.6 is 0 Å². The minimum Gasteiger partial charge on any atom is -0.366 e. The average molecular weight is 258 g/mol. The number of likely N-dealkylation sites (N-methyl/N-ethyl adjacent to an activating group) is 1. The van der Waals surface area contributed by atoms with Crippen LogP contribution in [0.3, 0.4) is 0 Å². The molecule has 0 aromatic heterocycles. The molecule has 1 heterocycles. The molecule has 2 rings (SSSR count). The van der Waals surface area contributed by atoms with Gasteiger partial charge in [0.2, 0.25) is 0 Å². The molecule has 1 aromatic carbocycles. The molecular weight excluding hydrogens is 236 g/mol. The highest BCUT2D eigenvalue weighted by atomic mass is 15.2. The Morgan fingerprint density at radius 1 is 1.37 bits per heavy atom. The summed E-state index contributed by atoms with van der Waals surface area (Å²) in [5.41, 5.74) is 7.76. The Hall–Kier alpha value is -1.57. The Kier molecular flexibility index (Phi) is 4.41.